The second kappa shape index (κ2) is 7.61. The van der Waals surface area contributed by atoms with Crippen LogP contribution in [-0.2, 0) is 20.9 Å². The van der Waals surface area contributed by atoms with Gasteiger partial charge in [0, 0.05) is 0 Å². The number of aromatic nitrogens is 2. The van der Waals surface area contributed by atoms with E-state index in [-0.39, 0.29) is 0 Å². The predicted octanol–water partition coefficient (Wildman–Crippen LogP) is -2.18. The van der Waals surface area contributed by atoms with Gasteiger partial charge in [-0.2, -0.15) is 0 Å². The zero-order chi connectivity index (χ0) is 15.2. The Balaban J connectivity index is 2.72. The van der Waals surface area contributed by atoms with Gasteiger partial charge in [-0.05, 0) is 0 Å². The maximum atomic E-state index is 10.1. The fourth-order valence-corrected chi connectivity index (χ4v) is 3.22. The van der Waals surface area contributed by atoms with Crippen molar-refractivity contribution < 1.29 is 39.1 Å². The SMILES string of the molecule is CONONO[P@@](O)C(O)(Cn1ccnc1)[PH](O)(O)O. The van der Waals surface area contributed by atoms with Crippen LogP contribution in [0.15, 0.2) is 18.7 Å². The van der Waals surface area contributed by atoms with Crippen LogP contribution in [0.25, 0.3) is 0 Å². The van der Waals surface area contributed by atoms with Gasteiger partial charge in [-0.3, -0.25) is 0 Å². The van der Waals surface area contributed by atoms with E-state index in [9.17, 15) is 24.7 Å². The number of nitrogens with zero attached hydrogens (tertiary/aromatic N) is 2. The van der Waals surface area contributed by atoms with Crippen molar-refractivity contribution in [1.82, 2.24) is 20.8 Å². The molecule has 12 nitrogen and oxygen atoms in total. The molecule has 0 aliphatic rings. The first-order valence-corrected chi connectivity index (χ1v) is 8.07. The number of imidazole rings is 1. The maximum absolute atomic E-state index is 10.1. The standard InChI is InChI=1S/C6H16N4O8P2/c1-16-8-17-9-18-19(12)6(11,20(13,14)15)4-10-3-2-7-5-10/h2-3,5,8-9,11-15,20H,4H2,1H3/t6?,19-/m1/s1. The summed E-state index contributed by atoms with van der Waals surface area (Å²) >= 11 is 0. The zero-order valence-electron chi connectivity index (χ0n) is 10.2. The van der Waals surface area contributed by atoms with Crippen LogP contribution in [0.1, 0.15) is 0 Å². The first-order valence-electron chi connectivity index (χ1n) is 5.01. The first kappa shape index (κ1) is 17.7. The number of hydrogen-bond donors (Lipinski definition) is 7. The van der Waals surface area contributed by atoms with Crippen LogP contribution in [-0.4, -0.2) is 46.4 Å². The van der Waals surface area contributed by atoms with Gasteiger partial charge in [-0.1, -0.05) is 0 Å². The van der Waals surface area contributed by atoms with Crippen LogP contribution in [0.3, 0.4) is 0 Å². The number of hydrogen-bond acceptors (Lipinski definition) is 11. The third kappa shape index (κ3) is 4.60. The van der Waals surface area contributed by atoms with Crippen molar-refractivity contribution >= 4 is 16.3 Å². The van der Waals surface area contributed by atoms with Crippen LogP contribution in [0.5, 0.6) is 0 Å². The average Bonchev–Trinajstić information content (AvgIpc) is 2.85. The van der Waals surface area contributed by atoms with Crippen LogP contribution in [0, 0.1) is 0 Å². The second-order valence-corrected chi connectivity index (χ2v) is 7.51. The average molecular weight is 334 g/mol. The molecule has 0 fully saturated rings. The molecule has 1 aromatic heterocycles. The van der Waals surface area contributed by atoms with Crippen molar-refractivity contribution in [3.63, 3.8) is 0 Å². The molecule has 118 valence electrons. The number of nitrogens with one attached hydrogen (secondary N) is 2. The Bertz CT molecular complexity index is 389. The summed E-state index contributed by atoms with van der Waals surface area (Å²) < 4.78 is 5.68. The van der Waals surface area contributed by atoms with Crippen molar-refractivity contribution in [3.05, 3.63) is 18.7 Å². The first-order chi connectivity index (χ1) is 9.31. The molecule has 0 radical (unpaired) electrons. The Hall–Kier alpha value is -0.330. The van der Waals surface area contributed by atoms with Gasteiger partial charge in [-0.15, -0.1) is 0 Å². The molecule has 0 amide bonds. The van der Waals surface area contributed by atoms with Gasteiger partial charge in [0.15, 0.2) is 0 Å². The van der Waals surface area contributed by atoms with Gasteiger partial charge >= 0.3 is 114 Å². The summed E-state index contributed by atoms with van der Waals surface area (Å²) in [5.74, 6) is 0. The third-order valence-corrected chi connectivity index (χ3v) is 5.83. The van der Waals surface area contributed by atoms with E-state index in [1.807, 2.05) is 5.64 Å². The van der Waals surface area contributed by atoms with Crippen LogP contribution in [0.4, 0.5) is 0 Å². The van der Waals surface area contributed by atoms with Crippen molar-refractivity contribution in [2.45, 2.75) is 11.6 Å². The van der Waals surface area contributed by atoms with Crippen molar-refractivity contribution in [2.75, 3.05) is 7.11 Å². The number of rotatable bonds is 9. The summed E-state index contributed by atoms with van der Waals surface area (Å²) in [5.41, 5.74) is 3.52. The number of aliphatic hydroxyl groups is 1. The summed E-state index contributed by atoms with van der Waals surface area (Å²) in [5, 5.41) is 7.40. The van der Waals surface area contributed by atoms with E-state index in [1.54, 1.807) is 5.64 Å². The summed E-state index contributed by atoms with van der Waals surface area (Å²) in [6, 6.07) is 0. The van der Waals surface area contributed by atoms with E-state index in [4.69, 9.17) is 0 Å². The molecule has 1 unspecified atom stereocenters. The van der Waals surface area contributed by atoms with Crippen LogP contribution in [0.2, 0.25) is 0 Å². The van der Waals surface area contributed by atoms with Crippen molar-refractivity contribution in [1.29, 1.82) is 0 Å². The van der Waals surface area contributed by atoms with Crippen LogP contribution >= 0.6 is 16.3 Å². The summed E-state index contributed by atoms with van der Waals surface area (Å²) in [6.07, 6.45) is 3.98. The minimum atomic E-state index is -5.19. The molecular formula is C6H16N4O8P2. The van der Waals surface area contributed by atoms with Gasteiger partial charge in [0.25, 0.3) is 0 Å². The second-order valence-electron chi connectivity index (χ2n) is 3.52. The summed E-state index contributed by atoms with van der Waals surface area (Å²) in [6.45, 7) is -0.565. The Morgan fingerprint density at radius 3 is 2.60 bits per heavy atom. The third-order valence-electron chi connectivity index (χ3n) is 2.11. The predicted molar refractivity (Wildman–Crippen MR) is 66.7 cm³/mol. The Kier molecular flexibility index (Phi) is 6.75. The van der Waals surface area contributed by atoms with E-state index in [1.165, 1.54) is 30.4 Å². The minimum absolute atomic E-state index is 0.565. The van der Waals surface area contributed by atoms with E-state index >= 15 is 0 Å². The molecule has 2 atom stereocenters. The molecule has 1 heterocycles. The molecule has 14 heteroatoms. The molecule has 1 rings (SSSR count). The molecule has 0 aromatic carbocycles. The van der Waals surface area contributed by atoms with Gasteiger partial charge in [-0.25, -0.2) is 0 Å². The van der Waals surface area contributed by atoms with Gasteiger partial charge in [0.05, 0.1) is 0 Å². The zero-order valence-corrected chi connectivity index (χ0v) is 12.1. The van der Waals surface area contributed by atoms with Gasteiger partial charge in [0.2, 0.25) is 0 Å². The molecule has 0 saturated carbocycles. The van der Waals surface area contributed by atoms with E-state index < -0.39 is 27.9 Å². The molecule has 0 bridgehead atoms. The fourth-order valence-electron chi connectivity index (χ4n) is 1.12. The summed E-state index contributed by atoms with van der Waals surface area (Å²) in [7, 11) is -6.91. The quantitative estimate of drug-likeness (QED) is 0.149. The molecule has 0 spiro atoms. The van der Waals surface area contributed by atoms with E-state index in [0.29, 0.717) is 0 Å². The fraction of sp³-hybridized carbons (Fsp3) is 0.500. The van der Waals surface area contributed by atoms with E-state index in [2.05, 4.69) is 19.4 Å². The molecule has 0 saturated heterocycles. The molecule has 20 heavy (non-hydrogen) atoms. The van der Waals surface area contributed by atoms with Crippen LogP contribution < -0.4 is 11.3 Å². The topological polar surface area (TPSA) is 171 Å². The van der Waals surface area contributed by atoms with Gasteiger partial charge in [0.1, 0.15) is 0 Å². The van der Waals surface area contributed by atoms with Crippen molar-refractivity contribution in [2.24, 2.45) is 0 Å². The molecule has 1 aromatic rings. The normalized spacial score (nSPS) is 17.7. The monoisotopic (exact) mass is 334 g/mol. The molecule has 0 aliphatic carbocycles. The van der Waals surface area contributed by atoms with E-state index in [0.717, 1.165) is 0 Å². The Morgan fingerprint density at radius 1 is 1.40 bits per heavy atom. The Morgan fingerprint density at radius 2 is 2.10 bits per heavy atom. The Labute approximate surface area is 114 Å². The molecule has 7 N–H and O–H groups in total. The van der Waals surface area contributed by atoms with Gasteiger partial charge < -0.3 is 0 Å². The molecule has 0 aliphatic heterocycles. The molecular weight excluding hydrogens is 318 g/mol. The summed E-state index contributed by atoms with van der Waals surface area (Å²) in [4.78, 5) is 49.9. The van der Waals surface area contributed by atoms with Crippen molar-refractivity contribution in [3.8, 4) is 0 Å².